The maximum absolute atomic E-state index is 13.0. The van der Waals surface area contributed by atoms with Gasteiger partial charge >= 0.3 is 0 Å². The second-order valence-corrected chi connectivity index (χ2v) is 7.25. The number of para-hydroxylation sites is 1. The van der Waals surface area contributed by atoms with Gasteiger partial charge in [0, 0.05) is 41.9 Å². The number of halogens is 1. The molecule has 6 nitrogen and oxygen atoms in total. The van der Waals surface area contributed by atoms with E-state index in [2.05, 4.69) is 10.3 Å². The van der Waals surface area contributed by atoms with Crippen molar-refractivity contribution in [3.8, 4) is 16.9 Å². The molecule has 0 aliphatic rings. The number of anilines is 1. The molecule has 0 spiro atoms. The Morgan fingerprint density at radius 1 is 1.06 bits per heavy atom. The van der Waals surface area contributed by atoms with Gasteiger partial charge in [-0.25, -0.2) is 9.07 Å². The van der Waals surface area contributed by atoms with Crippen molar-refractivity contribution in [3.05, 3.63) is 96.7 Å². The van der Waals surface area contributed by atoms with Gasteiger partial charge < -0.3 is 5.32 Å². The van der Waals surface area contributed by atoms with Crippen molar-refractivity contribution in [2.45, 2.75) is 6.54 Å². The number of carbonyl (C=O) groups is 1. The van der Waals surface area contributed by atoms with Crippen LogP contribution >= 0.6 is 0 Å². The predicted octanol–water partition coefficient (Wildman–Crippen LogP) is 4.14. The highest BCUT2D eigenvalue weighted by Gasteiger charge is 2.16. The van der Waals surface area contributed by atoms with Crippen LogP contribution in [0.5, 0.6) is 0 Å². The zero-order valence-electron chi connectivity index (χ0n) is 17.1. The van der Waals surface area contributed by atoms with Crippen LogP contribution in [0.1, 0.15) is 5.56 Å². The Bertz CT molecular complexity index is 1140. The van der Waals surface area contributed by atoms with Gasteiger partial charge in [0.05, 0.1) is 17.9 Å². The number of rotatable bonds is 7. The van der Waals surface area contributed by atoms with Crippen molar-refractivity contribution in [3.63, 3.8) is 0 Å². The summed E-state index contributed by atoms with van der Waals surface area (Å²) in [5.41, 5.74) is 4.23. The van der Waals surface area contributed by atoms with Crippen LogP contribution in [-0.4, -0.2) is 39.2 Å². The lowest BCUT2D eigenvalue weighted by Gasteiger charge is -2.16. The van der Waals surface area contributed by atoms with E-state index in [0.29, 0.717) is 12.2 Å². The van der Waals surface area contributed by atoms with E-state index in [1.807, 2.05) is 65.3 Å². The van der Waals surface area contributed by atoms with Gasteiger partial charge in [0.2, 0.25) is 5.91 Å². The molecule has 4 rings (SSSR count). The minimum absolute atomic E-state index is 0.174. The third-order valence-electron chi connectivity index (χ3n) is 4.73. The average Bonchev–Trinajstić information content (AvgIpc) is 3.20. The zero-order valence-corrected chi connectivity index (χ0v) is 17.1. The smallest absolute Gasteiger partial charge is 0.238 e. The van der Waals surface area contributed by atoms with E-state index in [9.17, 15) is 9.18 Å². The molecule has 156 valence electrons. The molecule has 0 bridgehead atoms. The summed E-state index contributed by atoms with van der Waals surface area (Å²) in [7, 11) is 1.87. The molecule has 7 heteroatoms. The van der Waals surface area contributed by atoms with Gasteiger partial charge in [-0.2, -0.15) is 5.10 Å². The SMILES string of the molecule is CN(CC(=O)Nc1ccc(F)cc1)Cc1cn(-c2ccccc2)nc1-c1cccnc1. The quantitative estimate of drug-likeness (QED) is 0.493. The molecule has 1 amide bonds. The minimum Gasteiger partial charge on any atom is -0.325 e. The molecule has 2 aromatic heterocycles. The normalized spacial score (nSPS) is 10.9. The standard InChI is InChI=1S/C24H22FN5O/c1-29(17-23(31)27-21-11-9-20(25)10-12-21)15-19-16-30(22-7-3-2-4-8-22)28-24(19)18-6-5-13-26-14-18/h2-14,16H,15,17H2,1H3,(H,27,31). The highest BCUT2D eigenvalue weighted by Crippen LogP contribution is 2.24. The van der Waals surface area contributed by atoms with Crippen molar-refractivity contribution >= 4 is 11.6 Å². The molecule has 0 unspecified atom stereocenters. The van der Waals surface area contributed by atoms with Crippen LogP contribution in [-0.2, 0) is 11.3 Å². The molecule has 0 saturated carbocycles. The summed E-state index contributed by atoms with van der Waals surface area (Å²) < 4.78 is 14.9. The molecule has 0 aliphatic heterocycles. The Kier molecular flexibility index (Phi) is 6.14. The second kappa shape index (κ2) is 9.32. The molecule has 0 saturated heterocycles. The van der Waals surface area contributed by atoms with Crippen LogP contribution < -0.4 is 5.32 Å². The van der Waals surface area contributed by atoms with Crippen molar-refractivity contribution in [1.29, 1.82) is 0 Å². The number of benzene rings is 2. The van der Waals surface area contributed by atoms with E-state index in [0.717, 1.165) is 22.5 Å². The van der Waals surface area contributed by atoms with Crippen LogP contribution in [0.3, 0.4) is 0 Å². The monoisotopic (exact) mass is 415 g/mol. The van der Waals surface area contributed by atoms with Crippen molar-refractivity contribution < 1.29 is 9.18 Å². The van der Waals surface area contributed by atoms with Crippen LogP contribution in [0, 0.1) is 5.82 Å². The number of nitrogens with one attached hydrogen (secondary N) is 1. The number of amides is 1. The third kappa shape index (κ3) is 5.21. The maximum atomic E-state index is 13.0. The van der Waals surface area contributed by atoms with Gasteiger partial charge in [-0.3, -0.25) is 14.7 Å². The molecule has 0 atom stereocenters. The van der Waals surface area contributed by atoms with E-state index in [1.165, 1.54) is 24.3 Å². The molecule has 4 aromatic rings. The summed E-state index contributed by atoms with van der Waals surface area (Å²) in [5.74, 6) is -0.513. The van der Waals surface area contributed by atoms with Crippen molar-refractivity contribution in [2.75, 3.05) is 18.9 Å². The van der Waals surface area contributed by atoms with Gasteiger partial charge in [0.15, 0.2) is 0 Å². The highest BCUT2D eigenvalue weighted by molar-refractivity contribution is 5.92. The Labute approximate surface area is 180 Å². The molecular weight excluding hydrogens is 393 g/mol. The summed E-state index contributed by atoms with van der Waals surface area (Å²) in [6.07, 6.45) is 5.48. The molecule has 0 fully saturated rings. The topological polar surface area (TPSA) is 63.1 Å². The van der Waals surface area contributed by atoms with Gasteiger partial charge in [0.25, 0.3) is 0 Å². The molecule has 2 heterocycles. The lowest BCUT2D eigenvalue weighted by Crippen LogP contribution is -2.29. The van der Waals surface area contributed by atoms with E-state index in [4.69, 9.17) is 5.10 Å². The van der Waals surface area contributed by atoms with E-state index < -0.39 is 0 Å². The fourth-order valence-electron chi connectivity index (χ4n) is 3.31. The van der Waals surface area contributed by atoms with E-state index >= 15 is 0 Å². The number of carbonyl (C=O) groups excluding carboxylic acids is 1. The largest absolute Gasteiger partial charge is 0.325 e. The average molecular weight is 415 g/mol. The molecule has 31 heavy (non-hydrogen) atoms. The first-order valence-corrected chi connectivity index (χ1v) is 9.87. The first-order valence-electron chi connectivity index (χ1n) is 9.87. The van der Waals surface area contributed by atoms with Crippen LogP contribution in [0.2, 0.25) is 0 Å². The first-order chi connectivity index (χ1) is 15.1. The fraction of sp³-hybridized carbons (Fsp3) is 0.125. The Hall–Kier alpha value is -3.84. The predicted molar refractivity (Wildman–Crippen MR) is 118 cm³/mol. The van der Waals surface area contributed by atoms with Gasteiger partial charge in [-0.15, -0.1) is 0 Å². The molecule has 0 aliphatic carbocycles. The molecule has 0 radical (unpaired) electrons. The van der Waals surface area contributed by atoms with Crippen LogP contribution in [0.15, 0.2) is 85.3 Å². The molecule has 1 N–H and O–H groups in total. The van der Waals surface area contributed by atoms with Crippen molar-refractivity contribution in [1.82, 2.24) is 19.7 Å². The number of hydrogen-bond donors (Lipinski definition) is 1. The van der Waals surface area contributed by atoms with Crippen LogP contribution in [0.25, 0.3) is 16.9 Å². The summed E-state index contributed by atoms with van der Waals surface area (Å²) in [6.45, 7) is 0.703. The summed E-state index contributed by atoms with van der Waals surface area (Å²) >= 11 is 0. The van der Waals surface area contributed by atoms with E-state index in [1.54, 1.807) is 12.4 Å². The molecular formula is C24H22FN5O. The second-order valence-electron chi connectivity index (χ2n) is 7.25. The number of pyridine rings is 1. The number of aromatic nitrogens is 3. The summed E-state index contributed by atoms with van der Waals surface area (Å²) in [5, 5.41) is 7.56. The number of likely N-dealkylation sites (N-methyl/N-ethyl adjacent to an activating group) is 1. The third-order valence-corrected chi connectivity index (χ3v) is 4.73. The Balaban J connectivity index is 1.51. The highest BCUT2D eigenvalue weighted by atomic mass is 19.1. The first kappa shape index (κ1) is 20.4. The molecule has 2 aromatic carbocycles. The maximum Gasteiger partial charge on any atom is 0.238 e. The van der Waals surface area contributed by atoms with Gasteiger partial charge in [-0.1, -0.05) is 18.2 Å². The summed E-state index contributed by atoms with van der Waals surface area (Å²) in [4.78, 5) is 18.5. The van der Waals surface area contributed by atoms with Gasteiger partial charge in [-0.05, 0) is 55.6 Å². The van der Waals surface area contributed by atoms with E-state index in [-0.39, 0.29) is 18.3 Å². The lowest BCUT2D eigenvalue weighted by atomic mass is 10.1. The van der Waals surface area contributed by atoms with Crippen molar-refractivity contribution in [2.24, 2.45) is 0 Å². The van der Waals surface area contributed by atoms with Crippen LogP contribution in [0.4, 0.5) is 10.1 Å². The Morgan fingerprint density at radius 3 is 2.55 bits per heavy atom. The zero-order chi connectivity index (χ0) is 21.6. The number of hydrogen-bond acceptors (Lipinski definition) is 4. The summed E-state index contributed by atoms with van der Waals surface area (Å²) in [6, 6.07) is 19.4. The lowest BCUT2D eigenvalue weighted by molar-refractivity contribution is -0.117. The number of nitrogens with zero attached hydrogens (tertiary/aromatic N) is 4. The Morgan fingerprint density at radius 2 is 1.84 bits per heavy atom. The minimum atomic E-state index is -0.339. The fourth-order valence-corrected chi connectivity index (χ4v) is 3.31. The van der Waals surface area contributed by atoms with Gasteiger partial charge in [0.1, 0.15) is 5.82 Å².